The first-order valence-electron chi connectivity index (χ1n) is 7.74. The van der Waals surface area contributed by atoms with E-state index in [4.69, 9.17) is 4.74 Å². The van der Waals surface area contributed by atoms with E-state index in [9.17, 15) is 9.59 Å². The van der Waals surface area contributed by atoms with Gasteiger partial charge in [-0.15, -0.1) is 0 Å². The van der Waals surface area contributed by atoms with Crippen molar-refractivity contribution in [3.05, 3.63) is 50.3 Å². The first-order valence-corrected chi connectivity index (χ1v) is 7.74. The van der Waals surface area contributed by atoms with E-state index in [-0.39, 0.29) is 5.43 Å². The zero-order chi connectivity index (χ0) is 16.4. The van der Waals surface area contributed by atoms with Gasteiger partial charge in [-0.1, -0.05) is 18.2 Å². The fourth-order valence-electron chi connectivity index (χ4n) is 2.91. The molecule has 2 aromatic carbocycles. The molecule has 0 bridgehead atoms. The molecule has 0 spiro atoms. The zero-order valence-corrected chi connectivity index (χ0v) is 13.5. The minimum Gasteiger partial charge on any atom is -0.496 e. The Balaban J connectivity index is 1.75. The van der Waals surface area contributed by atoms with E-state index in [1.54, 1.807) is 7.11 Å². The van der Waals surface area contributed by atoms with Gasteiger partial charge in [-0.3, -0.25) is 9.59 Å². The number of piperazine rings is 1. The standard InChI is InChI=1S/C17H21N3O3/c1-19-7-9-20(10-8-19)15-14(16(21)17(15)22)18-11-12-5-3-4-6-13(12)23-2/h3-6,18H,7-11H2,1-2H3. The van der Waals surface area contributed by atoms with E-state index in [0.717, 1.165) is 37.5 Å². The summed E-state index contributed by atoms with van der Waals surface area (Å²) in [5.74, 6) is 0.764. The molecule has 122 valence electrons. The summed E-state index contributed by atoms with van der Waals surface area (Å²) in [4.78, 5) is 28.1. The molecule has 1 N–H and O–H groups in total. The Morgan fingerprint density at radius 2 is 1.78 bits per heavy atom. The predicted molar refractivity (Wildman–Crippen MR) is 91.4 cm³/mol. The second-order valence-electron chi connectivity index (χ2n) is 5.84. The van der Waals surface area contributed by atoms with Crippen LogP contribution in [0.5, 0.6) is 5.75 Å². The molecule has 0 unspecified atom stereocenters. The van der Waals surface area contributed by atoms with Gasteiger partial charge in [-0.05, 0) is 13.1 Å². The second kappa shape index (κ2) is 6.42. The van der Waals surface area contributed by atoms with Crippen LogP contribution in [0.3, 0.4) is 0 Å². The number of hydrogen-bond acceptors (Lipinski definition) is 6. The summed E-state index contributed by atoms with van der Waals surface area (Å²) in [7, 11) is 3.67. The fourth-order valence-corrected chi connectivity index (χ4v) is 2.91. The maximum Gasteiger partial charge on any atom is 0.253 e. The molecule has 6 heteroatoms. The summed E-state index contributed by atoms with van der Waals surface area (Å²) < 4.78 is 5.31. The minimum absolute atomic E-state index is 0.378. The SMILES string of the molecule is COc1ccccc1CNc1c(N2CCN(C)CC2)c(=O)c1=O. The quantitative estimate of drug-likeness (QED) is 0.818. The highest BCUT2D eigenvalue weighted by atomic mass is 16.5. The van der Waals surface area contributed by atoms with Gasteiger partial charge >= 0.3 is 0 Å². The van der Waals surface area contributed by atoms with Crippen molar-refractivity contribution < 1.29 is 4.74 Å². The molecule has 6 nitrogen and oxygen atoms in total. The Kier molecular flexibility index (Phi) is 4.34. The molecule has 0 aromatic heterocycles. The molecule has 0 aliphatic carbocycles. The second-order valence-corrected chi connectivity index (χ2v) is 5.84. The largest absolute Gasteiger partial charge is 0.496 e. The zero-order valence-electron chi connectivity index (χ0n) is 13.5. The van der Waals surface area contributed by atoms with Crippen molar-refractivity contribution in [1.82, 2.24) is 4.90 Å². The molecule has 2 aromatic rings. The number of ether oxygens (including phenoxy) is 1. The van der Waals surface area contributed by atoms with Crippen LogP contribution in [0.1, 0.15) is 5.56 Å². The number of benzene rings is 1. The summed E-state index contributed by atoms with van der Waals surface area (Å²) in [6.07, 6.45) is 0. The number of hydrogen-bond donors (Lipinski definition) is 1. The van der Waals surface area contributed by atoms with E-state index in [1.165, 1.54) is 0 Å². The van der Waals surface area contributed by atoms with Crippen LogP contribution in [0.25, 0.3) is 0 Å². The molecule has 0 radical (unpaired) electrons. The van der Waals surface area contributed by atoms with Gasteiger partial charge in [0.15, 0.2) is 0 Å². The Labute approximate surface area is 135 Å². The molecule has 1 fully saturated rings. The van der Waals surface area contributed by atoms with Crippen LogP contribution in [-0.2, 0) is 6.54 Å². The molecular formula is C17H21N3O3. The van der Waals surface area contributed by atoms with Crippen LogP contribution in [0.2, 0.25) is 0 Å². The van der Waals surface area contributed by atoms with Crippen LogP contribution in [0.15, 0.2) is 33.9 Å². The number of rotatable bonds is 5. The molecule has 1 saturated heterocycles. The molecule has 0 amide bonds. The van der Waals surface area contributed by atoms with Gasteiger partial charge in [0.25, 0.3) is 10.9 Å². The molecule has 1 aliphatic heterocycles. The summed E-state index contributed by atoms with van der Waals surface area (Å²) in [6, 6.07) is 7.63. The van der Waals surface area contributed by atoms with Gasteiger partial charge in [0, 0.05) is 38.3 Å². The Bertz CT molecular complexity index is 757. The lowest BCUT2D eigenvalue weighted by Crippen LogP contribution is -2.50. The fraction of sp³-hybridized carbons (Fsp3) is 0.412. The number of anilines is 2. The van der Waals surface area contributed by atoms with E-state index < -0.39 is 5.43 Å². The third-order valence-electron chi connectivity index (χ3n) is 4.35. The summed E-state index contributed by atoms with van der Waals surface area (Å²) >= 11 is 0. The lowest BCUT2D eigenvalue weighted by Gasteiger charge is -2.35. The molecule has 3 rings (SSSR count). The monoisotopic (exact) mass is 315 g/mol. The molecular weight excluding hydrogens is 294 g/mol. The average Bonchev–Trinajstić information content (AvgIpc) is 2.59. The average molecular weight is 315 g/mol. The smallest absolute Gasteiger partial charge is 0.253 e. The van der Waals surface area contributed by atoms with Gasteiger partial charge in [-0.25, -0.2) is 0 Å². The summed E-state index contributed by atoms with van der Waals surface area (Å²) in [5.41, 5.74) is 1.13. The van der Waals surface area contributed by atoms with Crippen molar-refractivity contribution in [2.24, 2.45) is 0 Å². The van der Waals surface area contributed by atoms with Crippen LogP contribution in [-0.4, -0.2) is 45.2 Å². The minimum atomic E-state index is -0.422. The van der Waals surface area contributed by atoms with Gasteiger partial charge < -0.3 is 19.9 Å². The van der Waals surface area contributed by atoms with E-state index in [0.29, 0.717) is 17.9 Å². The van der Waals surface area contributed by atoms with Gasteiger partial charge in [0.2, 0.25) is 0 Å². The number of nitrogens with zero attached hydrogens (tertiary/aromatic N) is 2. The highest BCUT2D eigenvalue weighted by Crippen LogP contribution is 2.24. The molecule has 0 saturated carbocycles. The third-order valence-corrected chi connectivity index (χ3v) is 4.35. The highest BCUT2D eigenvalue weighted by Gasteiger charge is 2.27. The van der Waals surface area contributed by atoms with E-state index in [2.05, 4.69) is 17.3 Å². The Morgan fingerprint density at radius 3 is 2.48 bits per heavy atom. The van der Waals surface area contributed by atoms with Crippen LogP contribution >= 0.6 is 0 Å². The third kappa shape index (κ3) is 2.94. The van der Waals surface area contributed by atoms with Crippen LogP contribution in [0, 0.1) is 0 Å². The summed E-state index contributed by atoms with van der Waals surface area (Å²) in [6.45, 7) is 3.78. The number of para-hydroxylation sites is 1. The van der Waals surface area contributed by atoms with Crippen molar-refractivity contribution in [2.45, 2.75) is 6.54 Å². The molecule has 1 heterocycles. The van der Waals surface area contributed by atoms with Crippen LogP contribution < -0.4 is 25.8 Å². The van der Waals surface area contributed by atoms with Gasteiger partial charge in [0.1, 0.15) is 17.1 Å². The Hall–Kier alpha value is -2.34. The first-order chi connectivity index (χ1) is 11.1. The van der Waals surface area contributed by atoms with Crippen molar-refractivity contribution >= 4 is 11.4 Å². The van der Waals surface area contributed by atoms with Crippen molar-refractivity contribution in [1.29, 1.82) is 0 Å². The predicted octanol–water partition coefficient (Wildman–Crippen LogP) is 0.655. The number of likely N-dealkylation sites (N-methyl/N-ethyl adjacent to an activating group) is 1. The Morgan fingerprint density at radius 1 is 1.09 bits per heavy atom. The van der Waals surface area contributed by atoms with Gasteiger partial charge in [0.05, 0.1) is 7.11 Å². The first kappa shape index (κ1) is 15.6. The highest BCUT2D eigenvalue weighted by molar-refractivity contribution is 5.75. The number of nitrogens with one attached hydrogen (secondary N) is 1. The maximum absolute atomic E-state index is 12.0. The molecule has 1 aliphatic rings. The number of methoxy groups -OCH3 is 1. The maximum atomic E-state index is 12.0. The van der Waals surface area contributed by atoms with Crippen molar-refractivity contribution in [3.8, 4) is 5.75 Å². The van der Waals surface area contributed by atoms with Gasteiger partial charge in [-0.2, -0.15) is 0 Å². The lowest BCUT2D eigenvalue weighted by atomic mass is 10.1. The van der Waals surface area contributed by atoms with Crippen molar-refractivity contribution in [3.63, 3.8) is 0 Å². The van der Waals surface area contributed by atoms with E-state index in [1.807, 2.05) is 29.2 Å². The molecule has 0 atom stereocenters. The molecule has 23 heavy (non-hydrogen) atoms. The van der Waals surface area contributed by atoms with Crippen molar-refractivity contribution in [2.75, 3.05) is 50.6 Å². The van der Waals surface area contributed by atoms with E-state index >= 15 is 0 Å². The topological polar surface area (TPSA) is 61.9 Å². The lowest BCUT2D eigenvalue weighted by molar-refractivity contribution is 0.312. The normalized spacial score (nSPS) is 15.8. The summed E-state index contributed by atoms with van der Waals surface area (Å²) in [5, 5.41) is 3.12. The van der Waals surface area contributed by atoms with Crippen LogP contribution in [0.4, 0.5) is 11.4 Å².